The maximum Gasteiger partial charge on any atom is 0.416 e. The molecule has 2 amide bonds. The van der Waals surface area contributed by atoms with Crippen molar-refractivity contribution in [2.75, 3.05) is 6.67 Å². The summed E-state index contributed by atoms with van der Waals surface area (Å²) in [4.78, 5) is 32.1. The van der Waals surface area contributed by atoms with Crippen LogP contribution >= 0.6 is 0 Å². The number of ether oxygens (including phenoxy) is 2. The third-order valence-electron chi connectivity index (χ3n) is 10.7. The smallest absolute Gasteiger partial charge is 0.410 e. The Morgan fingerprint density at radius 2 is 0.898 bits per heavy atom. The molecule has 4 rings (SSSR count). The van der Waals surface area contributed by atoms with E-state index in [1.54, 1.807) is 0 Å². The third-order valence-corrected chi connectivity index (χ3v) is 10.7. The average Bonchev–Trinajstić information content (AvgIpc) is 3.13. The number of amides is 2. The Bertz CT molecular complexity index is 1130. The number of nitrogens with zero attached hydrogens (tertiary/aromatic N) is 2. The van der Waals surface area contributed by atoms with Crippen molar-refractivity contribution in [1.82, 2.24) is 9.80 Å². The Labute approximate surface area is 298 Å². The first-order chi connectivity index (χ1) is 24.1. The minimum absolute atomic E-state index is 0.0471. The number of benzene rings is 2. The van der Waals surface area contributed by atoms with Gasteiger partial charge >= 0.3 is 12.2 Å². The Morgan fingerprint density at radius 1 is 0.531 bits per heavy atom. The van der Waals surface area contributed by atoms with Crippen LogP contribution in [0, 0.1) is 0 Å². The first-order valence-electron chi connectivity index (χ1n) is 20.2. The highest BCUT2D eigenvalue weighted by atomic mass is 16.6. The third kappa shape index (κ3) is 13.3. The van der Waals surface area contributed by atoms with E-state index >= 15 is 0 Å². The SMILES string of the molecule is CCCCCCCCc1ccccc1OC(=O)N(CN(C(=O)Oc1ccccc1CCCCCCCC)C1CCCCC1)C1CCCCC1. The van der Waals surface area contributed by atoms with Gasteiger partial charge in [0.1, 0.15) is 18.2 Å². The molecule has 6 heteroatoms. The number of hydrogen-bond acceptors (Lipinski definition) is 4. The summed E-state index contributed by atoms with van der Waals surface area (Å²) in [6.07, 6.45) is 26.3. The van der Waals surface area contributed by atoms with Crippen molar-refractivity contribution in [3.8, 4) is 11.5 Å². The second kappa shape index (κ2) is 22.6. The van der Waals surface area contributed by atoms with Crippen LogP contribution in [0.25, 0.3) is 0 Å². The van der Waals surface area contributed by atoms with Crippen LogP contribution in [0.4, 0.5) is 9.59 Å². The minimum Gasteiger partial charge on any atom is -0.410 e. The van der Waals surface area contributed by atoms with E-state index in [9.17, 15) is 9.59 Å². The van der Waals surface area contributed by atoms with E-state index in [0.29, 0.717) is 11.5 Å². The van der Waals surface area contributed by atoms with Gasteiger partial charge in [-0.1, -0.05) is 153 Å². The summed E-state index contributed by atoms with van der Waals surface area (Å²) in [5.41, 5.74) is 2.17. The van der Waals surface area contributed by atoms with Gasteiger partial charge in [0, 0.05) is 12.1 Å². The van der Waals surface area contributed by atoms with Gasteiger partial charge in [0.05, 0.1) is 0 Å². The molecule has 272 valence electrons. The predicted molar refractivity (Wildman–Crippen MR) is 201 cm³/mol. The van der Waals surface area contributed by atoms with Gasteiger partial charge in [-0.2, -0.15) is 0 Å². The molecule has 6 nitrogen and oxygen atoms in total. The van der Waals surface area contributed by atoms with Crippen LogP contribution in [0.3, 0.4) is 0 Å². The van der Waals surface area contributed by atoms with Crippen molar-refractivity contribution in [3.05, 3.63) is 59.7 Å². The molecule has 0 atom stereocenters. The largest absolute Gasteiger partial charge is 0.416 e. The first-order valence-corrected chi connectivity index (χ1v) is 20.2. The molecule has 0 N–H and O–H groups in total. The lowest BCUT2D eigenvalue weighted by Gasteiger charge is -2.40. The molecule has 0 saturated heterocycles. The van der Waals surface area contributed by atoms with Crippen molar-refractivity contribution >= 4 is 12.2 Å². The highest BCUT2D eigenvalue weighted by Crippen LogP contribution is 2.30. The number of rotatable bonds is 20. The number of hydrogen-bond donors (Lipinski definition) is 0. The van der Waals surface area contributed by atoms with E-state index in [1.807, 2.05) is 46.2 Å². The van der Waals surface area contributed by atoms with Gasteiger partial charge < -0.3 is 9.47 Å². The van der Waals surface area contributed by atoms with E-state index in [4.69, 9.17) is 9.47 Å². The quantitative estimate of drug-likeness (QED) is 0.104. The zero-order valence-electron chi connectivity index (χ0n) is 31.0. The van der Waals surface area contributed by atoms with Gasteiger partial charge in [-0.15, -0.1) is 0 Å². The van der Waals surface area contributed by atoms with Crippen LogP contribution in [-0.2, 0) is 12.8 Å². The molecule has 0 heterocycles. The molecule has 0 radical (unpaired) electrons. The van der Waals surface area contributed by atoms with Gasteiger partial charge in [-0.25, -0.2) is 9.59 Å². The van der Waals surface area contributed by atoms with Crippen molar-refractivity contribution in [2.45, 2.75) is 180 Å². The molecule has 0 bridgehead atoms. The fourth-order valence-electron chi connectivity index (χ4n) is 7.71. The van der Waals surface area contributed by atoms with Crippen LogP contribution in [-0.4, -0.2) is 40.7 Å². The molecule has 2 aliphatic rings. The second-order valence-corrected chi connectivity index (χ2v) is 14.7. The monoisotopic (exact) mass is 675 g/mol. The Morgan fingerprint density at radius 3 is 1.31 bits per heavy atom. The van der Waals surface area contributed by atoms with E-state index in [1.165, 1.54) is 77.0 Å². The van der Waals surface area contributed by atoms with Crippen molar-refractivity contribution in [1.29, 1.82) is 0 Å². The van der Waals surface area contributed by atoms with E-state index in [0.717, 1.165) is 88.2 Å². The van der Waals surface area contributed by atoms with Gasteiger partial charge in [0.15, 0.2) is 0 Å². The topological polar surface area (TPSA) is 59.1 Å². The number of carbonyl (C=O) groups excluding carboxylic acids is 2. The summed E-state index contributed by atoms with van der Waals surface area (Å²) >= 11 is 0. The molecule has 2 aliphatic carbocycles. The lowest BCUT2D eigenvalue weighted by Crippen LogP contribution is -2.54. The Balaban J connectivity index is 1.48. The second-order valence-electron chi connectivity index (χ2n) is 14.7. The van der Waals surface area contributed by atoms with E-state index in [2.05, 4.69) is 26.0 Å². The standard InChI is InChI=1S/C43H66N2O4/c1-3-5-7-9-11-15-25-36-27-21-23-33-40(36)48-42(46)44(38-29-17-13-18-30-38)35-45(39-31-19-14-20-32-39)43(47)49-41-34-24-22-28-37(41)26-16-12-10-8-6-4-2/h21-24,27-28,33-34,38-39H,3-20,25-26,29-32,35H2,1-2H3. The molecule has 0 aliphatic heterocycles. The molecule has 2 saturated carbocycles. The molecular weight excluding hydrogens is 608 g/mol. The molecule has 2 aromatic carbocycles. The van der Waals surface area contributed by atoms with Crippen LogP contribution in [0.15, 0.2) is 48.5 Å². The van der Waals surface area contributed by atoms with Gasteiger partial charge in [-0.05, 0) is 74.6 Å². The Hall–Kier alpha value is -3.02. The maximum absolute atomic E-state index is 14.2. The van der Waals surface area contributed by atoms with Crippen LogP contribution in [0.5, 0.6) is 11.5 Å². The number of para-hydroxylation sites is 2. The highest BCUT2D eigenvalue weighted by Gasteiger charge is 2.35. The Kier molecular flexibility index (Phi) is 17.9. The summed E-state index contributed by atoms with van der Waals surface area (Å²) in [5, 5.41) is 0. The molecular formula is C43H66N2O4. The number of carbonyl (C=O) groups is 2. The maximum atomic E-state index is 14.2. The van der Waals surface area contributed by atoms with Crippen LogP contribution < -0.4 is 9.47 Å². The van der Waals surface area contributed by atoms with Gasteiger partial charge in [-0.3, -0.25) is 9.80 Å². The molecule has 49 heavy (non-hydrogen) atoms. The molecule has 2 aromatic rings. The van der Waals surface area contributed by atoms with Crippen molar-refractivity contribution < 1.29 is 19.1 Å². The molecule has 0 unspecified atom stereocenters. The summed E-state index contributed by atoms with van der Waals surface area (Å²) in [7, 11) is 0. The zero-order chi connectivity index (χ0) is 34.5. The van der Waals surface area contributed by atoms with Gasteiger partial charge in [0.25, 0.3) is 0 Å². The minimum atomic E-state index is -0.348. The number of aryl methyl sites for hydroxylation is 2. The predicted octanol–water partition coefficient (Wildman–Crippen LogP) is 12.4. The fraction of sp³-hybridized carbons (Fsp3) is 0.674. The number of unbranched alkanes of at least 4 members (excludes halogenated alkanes) is 10. The molecule has 0 aromatic heterocycles. The summed E-state index contributed by atoms with van der Waals surface area (Å²) in [6, 6.07) is 16.1. The van der Waals surface area contributed by atoms with Crippen LogP contribution in [0.2, 0.25) is 0 Å². The van der Waals surface area contributed by atoms with Crippen molar-refractivity contribution in [2.24, 2.45) is 0 Å². The zero-order valence-corrected chi connectivity index (χ0v) is 31.0. The molecule has 0 spiro atoms. The first kappa shape index (κ1) is 38.8. The van der Waals surface area contributed by atoms with Crippen LogP contribution in [0.1, 0.15) is 166 Å². The average molecular weight is 675 g/mol. The fourth-order valence-corrected chi connectivity index (χ4v) is 7.71. The normalized spacial score (nSPS) is 15.6. The lowest BCUT2D eigenvalue weighted by molar-refractivity contribution is 0.0471. The van der Waals surface area contributed by atoms with E-state index in [-0.39, 0.29) is 30.9 Å². The summed E-state index contributed by atoms with van der Waals surface area (Å²) in [6.45, 7) is 4.69. The lowest BCUT2D eigenvalue weighted by atomic mass is 9.93. The summed E-state index contributed by atoms with van der Waals surface area (Å²) in [5.74, 6) is 1.30. The van der Waals surface area contributed by atoms with E-state index < -0.39 is 0 Å². The highest BCUT2D eigenvalue weighted by molar-refractivity contribution is 5.74. The van der Waals surface area contributed by atoms with Gasteiger partial charge in [0.2, 0.25) is 0 Å². The summed E-state index contributed by atoms with van der Waals surface area (Å²) < 4.78 is 12.5. The van der Waals surface area contributed by atoms with Crippen molar-refractivity contribution in [3.63, 3.8) is 0 Å². The molecule has 2 fully saturated rings.